The first-order valence-corrected chi connectivity index (χ1v) is 11.4. The number of rotatable bonds is 10. The monoisotopic (exact) mass is 465 g/mol. The normalized spacial score (nSPS) is 11.9. The second kappa shape index (κ2) is 10.9. The maximum Gasteiger partial charge on any atom is 0.335 e. The summed E-state index contributed by atoms with van der Waals surface area (Å²) < 4.78 is 1.93. The van der Waals surface area contributed by atoms with E-state index in [-0.39, 0.29) is 23.1 Å². The fraction of sp³-hybridized carbons (Fsp3) is 0.360. The van der Waals surface area contributed by atoms with Crippen LogP contribution in [-0.4, -0.2) is 58.0 Å². The zero-order chi connectivity index (χ0) is 24.8. The number of benzene rings is 2. The average molecular weight is 466 g/mol. The van der Waals surface area contributed by atoms with E-state index in [1.807, 2.05) is 10.6 Å². The second-order valence-corrected chi connectivity index (χ2v) is 8.36. The van der Waals surface area contributed by atoms with Crippen LogP contribution in [0.1, 0.15) is 69.7 Å². The third kappa shape index (κ3) is 5.26. The minimum Gasteiger partial charge on any atom is -0.478 e. The number of para-hydroxylation sites is 1. The topological polar surface area (TPSA) is 131 Å². The van der Waals surface area contributed by atoms with Crippen molar-refractivity contribution in [2.75, 3.05) is 26.0 Å². The van der Waals surface area contributed by atoms with E-state index < -0.39 is 11.9 Å². The molecule has 0 radical (unpaired) electrons. The zero-order valence-electron chi connectivity index (χ0n) is 19.7. The van der Waals surface area contributed by atoms with E-state index >= 15 is 0 Å². The Hall–Kier alpha value is -3.72. The summed E-state index contributed by atoms with van der Waals surface area (Å²) >= 11 is 0. The van der Waals surface area contributed by atoms with Gasteiger partial charge in [-0.3, -0.25) is 14.9 Å². The summed E-state index contributed by atoms with van der Waals surface area (Å²) in [6.45, 7) is 2.65. The zero-order valence-corrected chi connectivity index (χ0v) is 19.7. The molecule has 0 bridgehead atoms. The molecule has 9 nitrogen and oxygen atoms in total. The van der Waals surface area contributed by atoms with Crippen LogP contribution in [0.2, 0.25) is 0 Å². The number of nitrogens with one attached hydrogen (secondary N) is 1. The van der Waals surface area contributed by atoms with Crippen LogP contribution in [0, 0.1) is 0 Å². The molecular formula is C25H31N5O4. The highest BCUT2D eigenvalue weighted by molar-refractivity contribution is 6.08. The van der Waals surface area contributed by atoms with Crippen molar-refractivity contribution >= 4 is 34.8 Å². The molecular weight excluding hydrogens is 434 g/mol. The molecule has 0 fully saturated rings. The largest absolute Gasteiger partial charge is 0.478 e. The Morgan fingerprint density at radius 2 is 1.82 bits per heavy atom. The molecule has 0 aliphatic heterocycles. The molecule has 2 amide bonds. The van der Waals surface area contributed by atoms with Crippen LogP contribution < -0.4 is 11.1 Å². The molecule has 9 heteroatoms. The maximum absolute atomic E-state index is 13.1. The lowest BCUT2D eigenvalue weighted by atomic mass is 10.1. The number of hydrogen-bond acceptors (Lipinski definition) is 5. The first-order valence-electron chi connectivity index (χ1n) is 11.4. The minimum absolute atomic E-state index is 0.0201. The van der Waals surface area contributed by atoms with Crippen molar-refractivity contribution in [2.24, 2.45) is 5.73 Å². The number of carboxylic acid groups (broad SMARTS) is 1. The molecule has 2 aromatic carbocycles. The molecule has 4 N–H and O–H groups in total. The number of carbonyl (C=O) groups is 3. The van der Waals surface area contributed by atoms with Crippen molar-refractivity contribution in [3.05, 3.63) is 59.2 Å². The summed E-state index contributed by atoms with van der Waals surface area (Å²) in [6, 6.07) is 11.2. The highest BCUT2D eigenvalue weighted by atomic mass is 16.4. The second-order valence-electron chi connectivity index (χ2n) is 8.36. The summed E-state index contributed by atoms with van der Waals surface area (Å²) in [5.74, 6) is -1.42. The number of unbranched alkanes of at least 4 members (excludes halogenated alkanes) is 1. The standard InChI is InChI=1S/C25H31N5O4/c1-4-18(11-5-6-14-26)30-21-19(23(32)29(2)3)12-8-13-20(21)27-25(30)28-22(31)16-9-7-10-17(15-16)24(33)34/h7-10,12-13,15,18H,4-6,11,14,26H2,1-3H3,(H,33,34)(H,27,28,31). The van der Waals surface area contributed by atoms with Gasteiger partial charge in [0, 0.05) is 25.7 Å². The molecule has 3 rings (SSSR count). The molecule has 3 aromatic rings. The fourth-order valence-corrected chi connectivity index (χ4v) is 4.01. The van der Waals surface area contributed by atoms with Crippen LogP contribution >= 0.6 is 0 Å². The molecule has 0 aliphatic carbocycles. The Morgan fingerprint density at radius 3 is 2.47 bits per heavy atom. The molecule has 0 saturated heterocycles. The fourth-order valence-electron chi connectivity index (χ4n) is 4.01. The molecule has 1 unspecified atom stereocenters. The van der Waals surface area contributed by atoms with Crippen molar-refractivity contribution < 1.29 is 19.5 Å². The Morgan fingerprint density at radius 1 is 1.12 bits per heavy atom. The van der Waals surface area contributed by atoms with Crippen molar-refractivity contribution in [2.45, 2.75) is 38.6 Å². The summed E-state index contributed by atoms with van der Waals surface area (Å²) in [4.78, 5) is 43.5. The van der Waals surface area contributed by atoms with Crippen LogP contribution in [0.5, 0.6) is 0 Å². The third-order valence-corrected chi connectivity index (χ3v) is 5.77. The highest BCUT2D eigenvalue weighted by Crippen LogP contribution is 2.32. The van der Waals surface area contributed by atoms with Crippen molar-refractivity contribution in [1.82, 2.24) is 14.5 Å². The first kappa shape index (κ1) is 24.9. The van der Waals surface area contributed by atoms with Crippen LogP contribution in [0.25, 0.3) is 11.0 Å². The Balaban J connectivity index is 2.12. The van der Waals surface area contributed by atoms with Crippen LogP contribution in [0.3, 0.4) is 0 Å². The van der Waals surface area contributed by atoms with Gasteiger partial charge in [0.25, 0.3) is 11.8 Å². The number of fused-ring (bicyclic) bond motifs is 1. The van der Waals surface area contributed by atoms with Gasteiger partial charge in [-0.2, -0.15) is 0 Å². The summed E-state index contributed by atoms with van der Waals surface area (Å²) in [5.41, 5.74) is 7.68. The van der Waals surface area contributed by atoms with Gasteiger partial charge in [-0.15, -0.1) is 0 Å². The molecule has 180 valence electrons. The van der Waals surface area contributed by atoms with E-state index in [0.29, 0.717) is 29.1 Å². The predicted octanol–water partition coefficient (Wildman–Crippen LogP) is 3.77. The number of carbonyl (C=O) groups excluding carboxylic acids is 2. The van der Waals surface area contributed by atoms with E-state index in [9.17, 15) is 19.5 Å². The number of hydrogen-bond donors (Lipinski definition) is 3. The number of nitrogens with zero attached hydrogens (tertiary/aromatic N) is 3. The van der Waals surface area contributed by atoms with Gasteiger partial charge in [0.2, 0.25) is 5.95 Å². The van der Waals surface area contributed by atoms with Gasteiger partial charge in [0.1, 0.15) is 0 Å². The molecule has 0 spiro atoms. The molecule has 1 atom stereocenters. The molecule has 34 heavy (non-hydrogen) atoms. The first-order chi connectivity index (χ1) is 16.3. The lowest BCUT2D eigenvalue weighted by Gasteiger charge is -2.22. The summed E-state index contributed by atoms with van der Waals surface area (Å²) in [6.07, 6.45) is 3.34. The summed E-state index contributed by atoms with van der Waals surface area (Å²) in [7, 11) is 3.39. The Kier molecular flexibility index (Phi) is 8.01. The molecule has 0 aliphatic rings. The van der Waals surface area contributed by atoms with Crippen molar-refractivity contribution in [3.63, 3.8) is 0 Å². The van der Waals surface area contributed by atoms with Gasteiger partial charge < -0.3 is 20.3 Å². The van der Waals surface area contributed by atoms with Crippen LogP contribution in [0.15, 0.2) is 42.5 Å². The van der Waals surface area contributed by atoms with Crippen LogP contribution in [0.4, 0.5) is 5.95 Å². The number of anilines is 1. The number of aromatic carboxylic acids is 1. The molecule has 1 aromatic heterocycles. The number of amides is 2. The minimum atomic E-state index is -1.11. The van der Waals surface area contributed by atoms with E-state index in [4.69, 9.17) is 5.73 Å². The lowest BCUT2D eigenvalue weighted by Crippen LogP contribution is -2.23. The lowest BCUT2D eigenvalue weighted by molar-refractivity contribution is 0.0696. The van der Waals surface area contributed by atoms with E-state index in [1.54, 1.807) is 32.3 Å². The predicted molar refractivity (Wildman–Crippen MR) is 131 cm³/mol. The van der Waals surface area contributed by atoms with Gasteiger partial charge in [-0.25, -0.2) is 9.78 Å². The van der Waals surface area contributed by atoms with Gasteiger partial charge in [0.05, 0.1) is 22.2 Å². The van der Waals surface area contributed by atoms with Gasteiger partial charge >= 0.3 is 5.97 Å². The number of carboxylic acids is 1. The Bertz CT molecular complexity index is 1200. The Labute approximate surface area is 198 Å². The van der Waals surface area contributed by atoms with E-state index in [0.717, 1.165) is 25.7 Å². The number of aromatic nitrogens is 2. The van der Waals surface area contributed by atoms with Gasteiger partial charge in [-0.1, -0.05) is 25.5 Å². The maximum atomic E-state index is 13.1. The molecule has 0 saturated carbocycles. The highest BCUT2D eigenvalue weighted by Gasteiger charge is 2.24. The smallest absolute Gasteiger partial charge is 0.335 e. The van der Waals surface area contributed by atoms with Crippen molar-refractivity contribution in [1.29, 1.82) is 0 Å². The van der Waals surface area contributed by atoms with Crippen LogP contribution in [-0.2, 0) is 0 Å². The van der Waals surface area contributed by atoms with E-state index in [2.05, 4.69) is 17.2 Å². The third-order valence-electron chi connectivity index (χ3n) is 5.77. The van der Waals surface area contributed by atoms with Crippen molar-refractivity contribution in [3.8, 4) is 0 Å². The van der Waals surface area contributed by atoms with Gasteiger partial charge in [0.15, 0.2) is 0 Å². The summed E-state index contributed by atoms with van der Waals surface area (Å²) in [5, 5.41) is 12.1. The molecule has 1 heterocycles. The number of imidazole rings is 1. The SMILES string of the molecule is CCC(CCCCN)n1c(NC(=O)c2cccc(C(=O)O)c2)nc2cccc(C(=O)N(C)C)c21. The quantitative estimate of drug-likeness (QED) is 0.391. The van der Waals surface area contributed by atoms with E-state index in [1.165, 1.54) is 23.1 Å². The van der Waals surface area contributed by atoms with Gasteiger partial charge in [-0.05, 0) is 56.1 Å². The average Bonchev–Trinajstić information content (AvgIpc) is 3.19. The number of nitrogens with two attached hydrogens (primary N) is 1.